The number of thioether (sulfide) groups is 1. The molecule has 0 aliphatic carbocycles. The van der Waals surface area contributed by atoms with Gasteiger partial charge in [0.25, 0.3) is 0 Å². The molecule has 1 fully saturated rings. The Bertz CT molecular complexity index is 379. The molecule has 6 nitrogen and oxygen atoms in total. The van der Waals surface area contributed by atoms with Crippen LogP contribution >= 0.6 is 11.8 Å². The largest absolute Gasteiger partial charge is 0.460 e. The molecular formula is C16H29NO5S. The number of hydrogen-bond donors (Lipinski definition) is 2. The quantitative estimate of drug-likeness (QED) is 0.489. The molecule has 134 valence electrons. The number of amides is 1. The van der Waals surface area contributed by atoms with Gasteiger partial charge in [0.2, 0.25) is 5.91 Å². The number of nitrogens with one attached hydrogen (secondary N) is 1. The zero-order chi connectivity index (χ0) is 17.2. The fourth-order valence-electron chi connectivity index (χ4n) is 2.49. The van der Waals surface area contributed by atoms with Crippen molar-refractivity contribution in [1.82, 2.24) is 5.32 Å². The third kappa shape index (κ3) is 8.04. The van der Waals surface area contributed by atoms with Crippen molar-refractivity contribution < 1.29 is 24.2 Å². The maximum atomic E-state index is 11.2. The third-order valence-electron chi connectivity index (χ3n) is 3.66. The Hall–Kier alpha value is -0.790. The van der Waals surface area contributed by atoms with Gasteiger partial charge in [-0.15, -0.1) is 11.8 Å². The summed E-state index contributed by atoms with van der Waals surface area (Å²) in [4.78, 5) is 22.3. The maximum Gasteiger partial charge on any atom is 0.302 e. The lowest BCUT2D eigenvalue weighted by molar-refractivity contribution is -0.175. The first kappa shape index (κ1) is 20.3. The summed E-state index contributed by atoms with van der Waals surface area (Å²) in [5.41, 5.74) is -0.437. The van der Waals surface area contributed by atoms with Crippen molar-refractivity contribution in [3.05, 3.63) is 0 Å². The van der Waals surface area contributed by atoms with E-state index in [1.54, 1.807) is 11.8 Å². The van der Waals surface area contributed by atoms with Gasteiger partial charge in [0.15, 0.2) is 0 Å². The average Bonchev–Trinajstić information content (AvgIpc) is 2.48. The smallest absolute Gasteiger partial charge is 0.302 e. The summed E-state index contributed by atoms with van der Waals surface area (Å²) >= 11 is 1.55. The minimum absolute atomic E-state index is 0.132. The van der Waals surface area contributed by atoms with Crippen LogP contribution in [0, 0.1) is 0 Å². The highest BCUT2D eigenvalue weighted by Gasteiger charge is 2.39. The molecule has 2 N–H and O–H groups in total. The lowest BCUT2D eigenvalue weighted by Gasteiger charge is -2.38. The zero-order valence-corrected chi connectivity index (χ0v) is 15.1. The van der Waals surface area contributed by atoms with Crippen molar-refractivity contribution in [2.24, 2.45) is 0 Å². The predicted octanol–water partition coefficient (Wildman–Crippen LogP) is 1.84. The molecule has 0 spiro atoms. The zero-order valence-electron chi connectivity index (χ0n) is 14.2. The minimum Gasteiger partial charge on any atom is -0.460 e. The molecule has 1 saturated heterocycles. The normalized spacial score (nSPS) is 27.5. The van der Waals surface area contributed by atoms with Crippen molar-refractivity contribution in [3.8, 4) is 0 Å². The maximum absolute atomic E-state index is 11.2. The lowest BCUT2D eigenvalue weighted by atomic mass is 10.0. The van der Waals surface area contributed by atoms with Gasteiger partial charge in [-0.3, -0.25) is 9.59 Å². The van der Waals surface area contributed by atoms with Crippen LogP contribution in [0.15, 0.2) is 0 Å². The van der Waals surface area contributed by atoms with E-state index in [0.717, 1.165) is 18.6 Å². The van der Waals surface area contributed by atoms with E-state index < -0.39 is 23.6 Å². The number of carbonyl (C=O) groups is 2. The molecule has 4 unspecified atom stereocenters. The Morgan fingerprint density at radius 1 is 1.30 bits per heavy atom. The summed E-state index contributed by atoms with van der Waals surface area (Å²) in [6, 6.07) is 0. The van der Waals surface area contributed by atoms with E-state index in [0.29, 0.717) is 13.0 Å². The number of unbranched alkanes of at least 4 members (excludes halogenated alkanes) is 3. The Morgan fingerprint density at radius 3 is 2.65 bits per heavy atom. The van der Waals surface area contributed by atoms with E-state index in [9.17, 15) is 14.7 Å². The molecule has 1 aliphatic rings. The molecule has 0 radical (unpaired) electrons. The first-order valence-electron chi connectivity index (χ1n) is 8.30. The number of hydrogen-bond acceptors (Lipinski definition) is 6. The van der Waals surface area contributed by atoms with Gasteiger partial charge < -0.3 is 19.9 Å². The molecule has 7 heteroatoms. The van der Waals surface area contributed by atoms with Crippen molar-refractivity contribution in [2.75, 3.05) is 12.3 Å². The fraction of sp³-hybridized carbons (Fsp3) is 0.875. The number of esters is 1. The highest BCUT2D eigenvalue weighted by Crippen LogP contribution is 2.30. The fourth-order valence-corrected chi connectivity index (χ4v) is 3.70. The standard InChI is InChI=1S/C16H29NO5S/c1-4-5-6-7-8-23-16-15(20)14(21-12(3)19)9-13(22-16)10-17-11(2)18/h13-16,20H,4-10H2,1-3H3,(H,17,18). The number of ether oxygens (including phenoxy) is 2. The second kappa shape index (κ2) is 10.9. The van der Waals surface area contributed by atoms with Crippen LogP contribution in [-0.4, -0.2) is 53.0 Å². The van der Waals surface area contributed by atoms with Gasteiger partial charge in [0, 0.05) is 26.8 Å². The van der Waals surface area contributed by atoms with Crippen molar-refractivity contribution >= 4 is 23.6 Å². The van der Waals surface area contributed by atoms with Crippen LogP contribution in [0.4, 0.5) is 0 Å². The number of rotatable bonds is 9. The van der Waals surface area contributed by atoms with Gasteiger partial charge >= 0.3 is 5.97 Å². The van der Waals surface area contributed by atoms with Crippen LogP contribution in [0.5, 0.6) is 0 Å². The first-order chi connectivity index (χ1) is 10.9. The average molecular weight is 347 g/mol. The molecule has 0 aromatic carbocycles. The Kier molecular flexibility index (Phi) is 9.59. The molecule has 1 heterocycles. The monoisotopic (exact) mass is 347 g/mol. The molecule has 0 saturated carbocycles. The number of aliphatic hydroxyl groups excluding tert-OH is 1. The SMILES string of the molecule is CCCCCCSC1OC(CNC(C)=O)CC(OC(C)=O)C1O. The Balaban J connectivity index is 2.53. The lowest BCUT2D eigenvalue weighted by Crippen LogP contribution is -2.51. The molecular weight excluding hydrogens is 318 g/mol. The van der Waals surface area contributed by atoms with E-state index in [-0.39, 0.29) is 12.0 Å². The predicted molar refractivity (Wildman–Crippen MR) is 90.1 cm³/mol. The van der Waals surface area contributed by atoms with Crippen molar-refractivity contribution in [2.45, 2.75) is 76.6 Å². The molecule has 0 bridgehead atoms. The highest BCUT2D eigenvalue weighted by molar-refractivity contribution is 7.99. The van der Waals surface area contributed by atoms with Gasteiger partial charge in [0.1, 0.15) is 17.6 Å². The summed E-state index contributed by atoms with van der Waals surface area (Å²) < 4.78 is 11.1. The second-order valence-electron chi connectivity index (χ2n) is 5.87. The van der Waals surface area contributed by atoms with Gasteiger partial charge in [-0.25, -0.2) is 0 Å². The molecule has 1 amide bonds. The van der Waals surface area contributed by atoms with Gasteiger partial charge in [-0.2, -0.15) is 0 Å². The van der Waals surface area contributed by atoms with E-state index in [1.807, 2.05) is 0 Å². The summed E-state index contributed by atoms with van der Waals surface area (Å²) in [5.74, 6) is 0.343. The Morgan fingerprint density at radius 2 is 2.04 bits per heavy atom. The second-order valence-corrected chi connectivity index (χ2v) is 7.08. The topological polar surface area (TPSA) is 84.9 Å². The van der Waals surface area contributed by atoms with Crippen LogP contribution in [0.3, 0.4) is 0 Å². The first-order valence-corrected chi connectivity index (χ1v) is 9.35. The number of aliphatic hydroxyl groups is 1. The van der Waals surface area contributed by atoms with Gasteiger partial charge in [-0.05, 0) is 12.2 Å². The molecule has 0 aromatic rings. The molecule has 0 aromatic heterocycles. The van der Waals surface area contributed by atoms with Gasteiger partial charge in [0.05, 0.1) is 6.10 Å². The van der Waals surface area contributed by atoms with E-state index in [1.165, 1.54) is 26.7 Å². The molecule has 1 rings (SSSR count). The summed E-state index contributed by atoms with van der Waals surface area (Å²) in [7, 11) is 0. The molecule has 4 atom stereocenters. The summed E-state index contributed by atoms with van der Waals surface area (Å²) in [6.45, 7) is 5.29. The molecule has 1 aliphatic heterocycles. The Labute approximate surface area is 142 Å². The summed E-state index contributed by atoms with van der Waals surface area (Å²) in [6.07, 6.45) is 3.30. The molecule has 23 heavy (non-hydrogen) atoms. The van der Waals surface area contributed by atoms with Crippen LogP contribution in [-0.2, 0) is 19.1 Å². The van der Waals surface area contributed by atoms with Crippen LogP contribution in [0.2, 0.25) is 0 Å². The highest BCUT2D eigenvalue weighted by atomic mass is 32.2. The van der Waals surface area contributed by atoms with Crippen LogP contribution in [0.25, 0.3) is 0 Å². The van der Waals surface area contributed by atoms with Crippen LogP contribution < -0.4 is 5.32 Å². The van der Waals surface area contributed by atoms with E-state index >= 15 is 0 Å². The minimum atomic E-state index is -0.844. The van der Waals surface area contributed by atoms with Crippen LogP contribution in [0.1, 0.15) is 52.9 Å². The summed E-state index contributed by atoms with van der Waals surface area (Å²) in [5, 5.41) is 13.1. The van der Waals surface area contributed by atoms with E-state index in [4.69, 9.17) is 9.47 Å². The van der Waals surface area contributed by atoms with Crippen molar-refractivity contribution in [1.29, 1.82) is 0 Å². The third-order valence-corrected chi connectivity index (χ3v) is 4.90. The van der Waals surface area contributed by atoms with Gasteiger partial charge in [-0.1, -0.05) is 26.2 Å². The van der Waals surface area contributed by atoms with E-state index in [2.05, 4.69) is 12.2 Å². The van der Waals surface area contributed by atoms with Crippen molar-refractivity contribution in [3.63, 3.8) is 0 Å². The number of carbonyl (C=O) groups excluding carboxylic acids is 2.